The first-order valence-corrected chi connectivity index (χ1v) is 9.57. The summed E-state index contributed by atoms with van der Waals surface area (Å²) in [6, 6.07) is 18.2. The van der Waals surface area contributed by atoms with Crippen molar-refractivity contribution in [3.63, 3.8) is 0 Å². The molecule has 27 heavy (non-hydrogen) atoms. The minimum Gasteiger partial charge on any atom is -0.497 e. The molecule has 5 heteroatoms. The smallest absolute Gasteiger partial charge is 0.239 e. The van der Waals surface area contributed by atoms with Crippen LogP contribution in [0.4, 0.5) is 0 Å². The molecule has 1 aliphatic heterocycles. The van der Waals surface area contributed by atoms with E-state index in [1.165, 1.54) is 5.56 Å². The summed E-state index contributed by atoms with van der Waals surface area (Å²) >= 11 is 0. The monoisotopic (exact) mass is 367 g/mol. The number of hydrogen-bond acceptors (Lipinski definition) is 4. The van der Waals surface area contributed by atoms with Crippen molar-refractivity contribution in [2.75, 3.05) is 33.3 Å². The van der Waals surface area contributed by atoms with Crippen LogP contribution in [0.15, 0.2) is 54.6 Å². The highest BCUT2D eigenvalue weighted by molar-refractivity contribution is 5.81. The maximum absolute atomic E-state index is 12.7. The van der Waals surface area contributed by atoms with E-state index in [0.717, 1.165) is 44.0 Å². The summed E-state index contributed by atoms with van der Waals surface area (Å²) in [7, 11) is 1.66. The van der Waals surface area contributed by atoms with Crippen LogP contribution in [0.25, 0.3) is 0 Å². The Hall–Kier alpha value is -2.37. The quantitative estimate of drug-likeness (QED) is 0.817. The third-order valence-corrected chi connectivity index (χ3v) is 5.07. The van der Waals surface area contributed by atoms with Gasteiger partial charge in [-0.25, -0.2) is 0 Å². The van der Waals surface area contributed by atoms with E-state index in [4.69, 9.17) is 4.74 Å². The Morgan fingerprint density at radius 1 is 1.00 bits per heavy atom. The van der Waals surface area contributed by atoms with Crippen LogP contribution in [0.2, 0.25) is 0 Å². The number of carbonyl (C=O) groups excluding carboxylic acids is 1. The number of ether oxygens (including phenoxy) is 1. The second-order valence-electron chi connectivity index (χ2n) is 7.04. The standard InChI is InChI=1S/C22H29N3O2/c1-18(23-16-19-8-10-21(27-2)11-9-19)22(26)25-14-12-24(13-15-25)17-20-6-4-3-5-7-20/h3-11,18,23H,12-17H2,1-2H3/t18-/m1/s1. The molecule has 144 valence electrons. The van der Waals surface area contributed by atoms with Crippen molar-refractivity contribution in [1.29, 1.82) is 0 Å². The van der Waals surface area contributed by atoms with Gasteiger partial charge in [0.15, 0.2) is 0 Å². The number of hydrogen-bond donors (Lipinski definition) is 1. The minimum absolute atomic E-state index is 0.183. The van der Waals surface area contributed by atoms with Crippen LogP contribution in [0.3, 0.4) is 0 Å². The van der Waals surface area contributed by atoms with Gasteiger partial charge in [0.05, 0.1) is 13.2 Å². The Kier molecular flexibility index (Phi) is 6.85. The molecule has 0 saturated carbocycles. The van der Waals surface area contributed by atoms with E-state index in [2.05, 4.69) is 34.5 Å². The van der Waals surface area contributed by atoms with Crippen LogP contribution in [0, 0.1) is 0 Å². The molecule has 1 fully saturated rings. The first-order chi connectivity index (χ1) is 13.2. The van der Waals surface area contributed by atoms with Gasteiger partial charge in [-0.05, 0) is 30.2 Å². The second kappa shape index (κ2) is 9.53. The van der Waals surface area contributed by atoms with E-state index >= 15 is 0 Å². The largest absolute Gasteiger partial charge is 0.497 e. The molecule has 5 nitrogen and oxygen atoms in total. The van der Waals surface area contributed by atoms with E-state index in [1.807, 2.05) is 42.2 Å². The van der Waals surface area contributed by atoms with Crippen molar-refractivity contribution in [2.45, 2.75) is 26.1 Å². The summed E-state index contributed by atoms with van der Waals surface area (Å²) in [5.74, 6) is 1.03. The number of nitrogens with one attached hydrogen (secondary N) is 1. The van der Waals surface area contributed by atoms with Gasteiger partial charge in [0.1, 0.15) is 5.75 Å². The lowest BCUT2D eigenvalue weighted by Gasteiger charge is -2.36. The first kappa shape index (κ1) is 19.4. The SMILES string of the molecule is COc1ccc(CN[C@H](C)C(=O)N2CCN(Cc3ccccc3)CC2)cc1. The summed E-state index contributed by atoms with van der Waals surface area (Å²) in [6.07, 6.45) is 0. The third kappa shape index (κ3) is 5.55. The molecule has 0 aromatic heterocycles. The Bertz CT molecular complexity index is 710. The van der Waals surface area contributed by atoms with Crippen LogP contribution in [-0.4, -0.2) is 55.0 Å². The number of carbonyl (C=O) groups is 1. The molecule has 1 amide bonds. The zero-order valence-corrected chi connectivity index (χ0v) is 16.2. The van der Waals surface area contributed by atoms with E-state index in [0.29, 0.717) is 6.54 Å². The van der Waals surface area contributed by atoms with Crippen molar-refractivity contribution in [1.82, 2.24) is 15.1 Å². The molecular weight excluding hydrogens is 338 g/mol. The average molecular weight is 367 g/mol. The summed E-state index contributed by atoms with van der Waals surface area (Å²) in [5, 5.41) is 3.34. The fourth-order valence-corrected chi connectivity index (χ4v) is 3.34. The lowest BCUT2D eigenvalue weighted by molar-refractivity contribution is -0.134. The van der Waals surface area contributed by atoms with Gasteiger partial charge in [-0.15, -0.1) is 0 Å². The topological polar surface area (TPSA) is 44.8 Å². The van der Waals surface area contributed by atoms with Crippen molar-refractivity contribution >= 4 is 5.91 Å². The molecule has 1 N–H and O–H groups in total. The van der Waals surface area contributed by atoms with Crippen LogP contribution in [-0.2, 0) is 17.9 Å². The van der Waals surface area contributed by atoms with E-state index in [9.17, 15) is 4.79 Å². The maximum Gasteiger partial charge on any atom is 0.239 e. The van der Waals surface area contributed by atoms with E-state index < -0.39 is 0 Å². The number of nitrogens with zero attached hydrogens (tertiary/aromatic N) is 2. The van der Waals surface area contributed by atoms with Gasteiger partial charge < -0.3 is 15.0 Å². The molecule has 3 rings (SSSR count). The van der Waals surface area contributed by atoms with Gasteiger partial charge in [0, 0.05) is 39.3 Å². The van der Waals surface area contributed by atoms with Gasteiger partial charge in [-0.2, -0.15) is 0 Å². The molecule has 2 aromatic rings. The van der Waals surface area contributed by atoms with Gasteiger partial charge >= 0.3 is 0 Å². The summed E-state index contributed by atoms with van der Waals surface area (Å²) in [5.41, 5.74) is 2.47. The molecule has 1 aliphatic rings. The second-order valence-corrected chi connectivity index (χ2v) is 7.04. The van der Waals surface area contributed by atoms with Crippen LogP contribution >= 0.6 is 0 Å². The molecule has 0 bridgehead atoms. The van der Waals surface area contributed by atoms with Gasteiger partial charge in [0.2, 0.25) is 5.91 Å². The van der Waals surface area contributed by atoms with Crippen molar-refractivity contribution < 1.29 is 9.53 Å². The molecule has 1 heterocycles. The normalized spacial score (nSPS) is 16.1. The average Bonchev–Trinajstić information content (AvgIpc) is 2.73. The number of rotatable bonds is 7. The van der Waals surface area contributed by atoms with Gasteiger partial charge in [-0.1, -0.05) is 42.5 Å². The Balaban J connectivity index is 1.42. The highest BCUT2D eigenvalue weighted by atomic mass is 16.5. The molecule has 0 spiro atoms. The third-order valence-electron chi connectivity index (χ3n) is 5.07. The maximum atomic E-state index is 12.7. The fourth-order valence-electron chi connectivity index (χ4n) is 3.34. The molecule has 2 aromatic carbocycles. The zero-order chi connectivity index (χ0) is 19.1. The van der Waals surface area contributed by atoms with Crippen molar-refractivity contribution in [3.05, 3.63) is 65.7 Å². The zero-order valence-electron chi connectivity index (χ0n) is 16.2. The van der Waals surface area contributed by atoms with Gasteiger partial charge in [-0.3, -0.25) is 9.69 Å². The lowest BCUT2D eigenvalue weighted by Crippen LogP contribution is -2.53. The molecule has 0 unspecified atom stereocenters. The predicted molar refractivity (Wildman–Crippen MR) is 108 cm³/mol. The molecule has 0 radical (unpaired) electrons. The minimum atomic E-state index is -0.187. The van der Waals surface area contributed by atoms with Crippen molar-refractivity contribution in [2.24, 2.45) is 0 Å². The fraction of sp³-hybridized carbons (Fsp3) is 0.409. The molecule has 1 saturated heterocycles. The first-order valence-electron chi connectivity index (χ1n) is 9.57. The van der Waals surface area contributed by atoms with Crippen molar-refractivity contribution in [3.8, 4) is 5.75 Å². The molecule has 0 aliphatic carbocycles. The highest BCUT2D eigenvalue weighted by Gasteiger charge is 2.24. The van der Waals surface area contributed by atoms with Gasteiger partial charge in [0.25, 0.3) is 0 Å². The van der Waals surface area contributed by atoms with Crippen LogP contribution < -0.4 is 10.1 Å². The number of amides is 1. The number of methoxy groups -OCH3 is 1. The van der Waals surface area contributed by atoms with Crippen LogP contribution in [0.5, 0.6) is 5.75 Å². The molecule has 1 atom stereocenters. The lowest BCUT2D eigenvalue weighted by atomic mass is 10.1. The summed E-state index contributed by atoms with van der Waals surface area (Å²) in [6.45, 7) is 7.00. The Morgan fingerprint density at radius 3 is 2.30 bits per heavy atom. The number of piperazine rings is 1. The summed E-state index contributed by atoms with van der Waals surface area (Å²) in [4.78, 5) is 17.1. The van der Waals surface area contributed by atoms with Crippen LogP contribution in [0.1, 0.15) is 18.1 Å². The van der Waals surface area contributed by atoms with E-state index in [1.54, 1.807) is 7.11 Å². The predicted octanol–water partition coefficient (Wildman–Crippen LogP) is 2.52. The Morgan fingerprint density at radius 2 is 1.67 bits per heavy atom. The molecular formula is C22H29N3O2. The highest BCUT2D eigenvalue weighted by Crippen LogP contribution is 2.12. The Labute approximate surface area is 161 Å². The summed E-state index contributed by atoms with van der Waals surface area (Å²) < 4.78 is 5.17. The number of benzene rings is 2. The van der Waals surface area contributed by atoms with E-state index in [-0.39, 0.29) is 11.9 Å².